The second kappa shape index (κ2) is 14.2. The SMILES string of the molecule is CC/C=C/C(C#N)=C(\C=C(/C)NC(=O)N1CCCc2cc(CN3CCN(C)CC3=O)c(C=O)nc21)OCCO. The minimum atomic E-state index is -0.430. The Bertz CT molecular complexity index is 1220. The summed E-state index contributed by atoms with van der Waals surface area (Å²) in [6, 6.07) is 3.53. The number of aryl methyl sites for hydroxylation is 1. The summed E-state index contributed by atoms with van der Waals surface area (Å²) in [6.07, 6.45) is 7.79. The van der Waals surface area contributed by atoms with Crippen molar-refractivity contribution >= 4 is 24.0 Å². The Kier molecular flexibility index (Phi) is 10.8. The number of amides is 3. The molecule has 2 N–H and O–H groups in total. The van der Waals surface area contributed by atoms with Crippen LogP contribution >= 0.6 is 0 Å². The van der Waals surface area contributed by atoms with E-state index in [2.05, 4.69) is 16.4 Å². The van der Waals surface area contributed by atoms with Crippen LogP contribution in [0.15, 0.2) is 41.3 Å². The maximum Gasteiger partial charge on any atom is 0.327 e. The number of aldehydes is 1. The van der Waals surface area contributed by atoms with Crippen LogP contribution in [0.1, 0.15) is 48.3 Å². The largest absolute Gasteiger partial charge is 0.490 e. The fraction of sp³-hybridized carbons (Fsp3) is 0.464. The Morgan fingerprint density at radius 1 is 1.33 bits per heavy atom. The Labute approximate surface area is 229 Å². The minimum absolute atomic E-state index is 0.00183. The molecule has 0 saturated carbocycles. The van der Waals surface area contributed by atoms with E-state index < -0.39 is 6.03 Å². The van der Waals surface area contributed by atoms with Crippen molar-refractivity contribution in [1.29, 1.82) is 5.26 Å². The number of piperazine rings is 1. The molecule has 3 rings (SSSR count). The molecule has 39 heavy (non-hydrogen) atoms. The van der Waals surface area contributed by atoms with Crippen molar-refractivity contribution in [2.75, 3.05) is 51.3 Å². The topological polar surface area (TPSA) is 139 Å². The molecule has 3 heterocycles. The van der Waals surface area contributed by atoms with Crippen LogP contribution in [-0.4, -0.2) is 84.6 Å². The summed E-state index contributed by atoms with van der Waals surface area (Å²) in [5.41, 5.74) is 2.41. The second-order valence-electron chi connectivity index (χ2n) is 9.47. The summed E-state index contributed by atoms with van der Waals surface area (Å²) >= 11 is 0. The van der Waals surface area contributed by atoms with E-state index in [-0.39, 0.29) is 36.1 Å². The van der Waals surface area contributed by atoms with Crippen LogP contribution in [0.4, 0.5) is 10.6 Å². The summed E-state index contributed by atoms with van der Waals surface area (Å²) in [4.78, 5) is 47.4. The zero-order valence-corrected chi connectivity index (χ0v) is 22.8. The number of nitrogens with zero attached hydrogens (tertiary/aromatic N) is 5. The number of aliphatic hydroxyl groups is 1. The van der Waals surface area contributed by atoms with Crippen molar-refractivity contribution < 1.29 is 24.2 Å². The van der Waals surface area contributed by atoms with Crippen molar-refractivity contribution in [2.45, 2.75) is 39.7 Å². The summed E-state index contributed by atoms with van der Waals surface area (Å²) in [7, 11) is 1.90. The highest BCUT2D eigenvalue weighted by atomic mass is 16.5. The molecule has 208 valence electrons. The third-order valence-corrected chi connectivity index (χ3v) is 6.41. The minimum Gasteiger partial charge on any atom is -0.490 e. The fourth-order valence-electron chi connectivity index (χ4n) is 4.41. The average Bonchev–Trinajstić information content (AvgIpc) is 2.92. The van der Waals surface area contributed by atoms with Crippen LogP contribution in [0, 0.1) is 11.3 Å². The molecule has 0 aromatic carbocycles. The summed E-state index contributed by atoms with van der Waals surface area (Å²) in [5, 5.41) is 21.5. The number of urea groups is 1. The second-order valence-corrected chi connectivity index (χ2v) is 9.47. The molecule has 0 bridgehead atoms. The Morgan fingerprint density at radius 3 is 2.79 bits per heavy atom. The Morgan fingerprint density at radius 2 is 2.13 bits per heavy atom. The number of aliphatic hydroxyl groups excluding tert-OH is 1. The number of anilines is 1. The van der Waals surface area contributed by atoms with Gasteiger partial charge in [-0.2, -0.15) is 5.26 Å². The van der Waals surface area contributed by atoms with E-state index >= 15 is 0 Å². The number of nitrogens with one attached hydrogen (secondary N) is 1. The van der Waals surface area contributed by atoms with Gasteiger partial charge in [-0.15, -0.1) is 0 Å². The zero-order valence-electron chi connectivity index (χ0n) is 22.8. The van der Waals surface area contributed by atoms with Crippen LogP contribution in [0.25, 0.3) is 0 Å². The molecule has 11 heteroatoms. The summed E-state index contributed by atoms with van der Waals surface area (Å²) in [5.74, 6) is 0.651. The summed E-state index contributed by atoms with van der Waals surface area (Å²) in [6.45, 7) is 5.77. The van der Waals surface area contributed by atoms with E-state index in [1.54, 1.807) is 17.9 Å². The maximum atomic E-state index is 13.3. The van der Waals surface area contributed by atoms with Gasteiger partial charge in [0.25, 0.3) is 0 Å². The van der Waals surface area contributed by atoms with Gasteiger partial charge in [0.2, 0.25) is 5.91 Å². The highest BCUT2D eigenvalue weighted by Crippen LogP contribution is 2.28. The van der Waals surface area contributed by atoms with Gasteiger partial charge in [0, 0.05) is 43.5 Å². The number of carbonyl (C=O) groups excluding carboxylic acids is 3. The van der Waals surface area contributed by atoms with Gasteiger partial charge in [-0.05, 0) is 50.9 Å². The number of nitriles is 1. The van der Waals surface area contributed by atoms with Crippen LogP contribution in [0.2, 0.25) is 0 Å². The first-order valence-corrected chi connectivity index (χ1v) is 13.1. The molecule has 0 unspecified atom stereocenters. The van der Waals surface area contributed by atoms with Crippen LogP contribution in [0.5, 0.6) is 0 Å². The molecule has 1 saturated heterocycles. The Hall–Kier alpha value is -4.01. The first-order valence-electron chi connectivity index (χ1n) is 13.1. The van der Waals surface area contributed by atoms with Gasteiger partial charge in [0.1, 0.15) is 29.9 Å². The molecule has 0 spiro atoms. The number of ether oxygens (including phenoxy) is 1. The summed E-state index contributed by atoms with van der Waals surface area (Å²) < 4.78 is 5.55. The first kappa shape index (κ1) is 29.5. The van der Waals surface area contributed by atoms with Crippen molar-refractivity contribution in [3.63, 3.8) is 0 Å². The van der Waals surface area contributed by atoms with Gasteiger partial charge in [0.15, 0.2) is 6.29 Å². The Balaban J connectivity index is 1.83. The lowest BCUT2D eigenvalue weighted by Gasteiger charge is -2.33. The van der Waals surface area contributed by atoms with Crippen molar-refractivity contribution in [3.8, 4) is 6.07 Å². The number of carbonyl (C=O) groups is 3. The van der Waals surface area contributed by atoms with Crippen molar-refractivity contribution in [1.82, 2.24) is 20.1 Å². The van der Waals surface area contributed by atoms with Crippen molar-refractivity contribution in [2.24, 2.45) is 0 Å². The number of fused-ring (bicyclic) bond motifs is 1. The molecular formula is C28H36N6O5. The quantitative estimate of drug-likeness (QED) is 0.201. The third kappa shape index (κ3) is 7.75. The molecular weight excluding hydrogens is 500 g/mol. The molecule has 0 atom stereocenters. The van der Waals surface area contributed by atoms with E-state index in [0.717, 1.165) is 18.5 Å². The molecule has 1 aromatic heterocycles. The van der Waals surface area contributed by atoms with Crippen LogP contribution in [0.3, 0.4) is 0 Å². The van der Waals surface area contributed by atoms with Gasteiger partial charge in [-0.25, -0.2) is 9.78 Å². The van der Waals surface area contributed by atoms with Gasteiger partial charge >= 0.3 is 6.03 Å². The lowest BCUT2D eigenvalue weighted by Crippen LogP contribution is -2.48. The number of aromatic nitrogens is 1. The van der Waals surface area contributed by atoms with Crippen molar-refractivity contribution in [3.05, 3.63) is 58.1 Å². The normalized spacial score (nSPS) is 17.0. The molecule has 2 aliphatic heterocycles. The van der Waals surface area contributed by atoms with E-state index in [9.17, 15) is 19.6 Å². The lowest BCUT2D eigenvalue weighted by atomic mass is 10.0. The standard InChI is InChI=1S/C28H36N6O5/c1-4-5-7-22(16-29)25(39-13-12-35)14-20(2)30-28(38)34-9-6-8-21-15-23(24(19-36)31-27(21)34)17-33-11-10-32(3)18-26(33)37/h5,7,14-15,19,35H,4,6,8-13,17-18H2,1-3H3,(H,30,38)/b7-5+,20-14+,25-22-. The molecule has 0 aliphatic carbocycles. The van der Waals surface area contributed by atoms with Gasteiger partial charge < -0.3 is 20.1 Å². The molecule has 1 fully saturated rings. The molecule has 0 radical (unpaired) electrons. The predicted molar refractivity (Wildman–Crippen MR) is 146 cm³/mol. The van der Waals surface area contributed by atoms with Gasteiger partial charge in [-0.3, -0.25) is 19.4 Å². The van der Waals surface area contributed by atoms with E-state index in [4.69, 9.17) is 9.84 Å². The third-order valence-electron chi connectivity index (χ3n) is 6.41. The molecule has 11 nitrogen and oxygen atoms in total. The fourth-order valence-corrected chi connectivity index (χ4v) is 4.41. The number of likely N-dealkylation sites (N-methyl/N-ethyl adjacent to an activating group) is 1. The van der Waals surface area contributed by atoms with E-state index in [0.29, 0.717) is 62.4 Å². The van der Waals surface area contributed by atoms with Gasteiger partial charge in [0.05, 0.1) is 18.7 Å². The number of allylic oxidation sites excluding steroid dienone is 5. The van der Waals surface area contributed by atoms with E-state index in [1.165, 1.54) is 11.0 Å². The number of hydrogen-bond acceptors (Lipinski definition) is 8. The van der Waals surface area contributed by atoms with Crippen LogP contribution in [-0.2, 0) is 22.5 Å². The highest BCUT2D eigenvalue weighted by Gasteiger charge is 2.28. The smallest absolute Gasteiger partial charge is 0.327 e. The molecule has 3 amide bonds. The number of rotatable bonds is 10. The number of pyridine rings is 1. The highest BCUT2D eigenvalue weighted by molar-refractivity contribution is 5.94. The van der Waals surface area contributed by atoms with Gasteiger partial charge in [-0.1, -0.05) is 13.0 Å². The molecule has 2 aliphatic rings. The lowest BCUT2D eigenvalue weighted by molar-refractivity contribution is -0.136. The van der Waals surface area contributed by atoms with E-state index in [1.807, 2.05) is 31.0 Å². The average molecular weight is 537 g/mol. The van der Waals surface area contributed by atoms with Crippen LogP contribution < -0.4 is 10.2 Å². The maximum absolute atomic E-state index is 13.3. The monoisotopic (exact) mass is 536 g/mol. The predicted octanol–water partition coefficient (Wildman–Crippen LogP) is 2.29. The first-order chi connectivity index (χ1) is 18.8. The zero-order chi connectivity index (χ0) is 28.4. The number of hydrogen-bond donors (Lipinski definition) is 2. The molecule has 1 aromatic rings.